The van der Waals surface area contributed by atoms with E-state index in [1.54, 1.807) is 20.8 Å². The van der Waals surface area contributed by atoms with Gasteiger partial charge in [-0.1, -0.05) is 39.0 Å². The number of carboxylic acids is 1. The summed E-state index contributed by atoms with van der Waals surface area (Å²) in [6.07, 6.45) is 1.22. The number of hydrogen-bond acceptors (Lipinski definition) is 4. The predicted molar refractivity (Wildman–Crippen MR) is 80.3 cm³/mol. The van der Waals surface area contributed by atoms with Crippen molar-refractivity contribution in [1.29, 1.82) is 0 Å². The van der Waals surface area contributed by atoms with Crippen LogP contribution in [0.1, 0.15) is 31.3 Å². The Kier molecular flexibility index (Phi) is 4.30. The van der Waals surface area contributed by atoms with Gasteiger partial charge in [0, 0.05) is 5.56 Å². The number of carbonyl (C=O) groups is 2. The Morgan fingerprint density at radius 1 is 1.23 bits per heavy atom. The standard InChI is InChI=1S/C16H18N2O4/c1-16(2,3)12(15(20)21)18-13(19)11-9-22-14(17-11)10-7-5-4-6-8-10/h4-9,12H,1-3H3,(H,18,19)(H,20,21). The number of rotatable bonds is 4. The lowest BCUT2D eigenvalue weighted by atomic mass is 9.87. The second-order valence-corrected chi connectivity index (χ2v) is 6.01. The number of benzene rings is 1. The van der Waals surface area contributed by atoms with Crippen LogP contribution in [0.2, 0.25) is 0 Å². The summed E-state index contributed by atoms with van der Waals surface area (Å²) in [7, 11) is 0. The average Bonchev–Trinajstić information content (AvgIpc) is 2.93. The number of nitrogens with zero attached hydrogens (tertiary/aromatic N) is 1. The van der Waals surface area contributed by atoms with Crippen LogP contribution in [-0.4, -0.2) is 28.0 Å². The van der Waals surface area contributed by atoms with Crippen LogP contribution >= 0.6 is 0 Å². The SMILES string of the molecule is CC(C)(C)C(NC(=O)c1coc(-c2ccccc2)n1)C(=O)O. The van der Waals surface area contributed by atoms with Gasteiger partial charge in [-0.05, 0) is 17.5 Å². The Morgan fingerprint density at radius 3 is 2.41 bits per heavy atom. The van der Waals surface area contributed by atoms with Crippen molar-refractivity contribution in [3.05, 3.63) is 42.3 Å². The third-order valence-corrected chi connectivity index (χ3v) is 3.15. The van der Waals surface area contributed by atoms with Crippen molar-refractivity contribution < 1.29 is 19.1 Å². The fraction of sp³-hybridized carbons (Fsp3) is 0.312. The van der Waals surface area contributed by atoms with Crippen molar-refractivity contribution in [2.45, 2.75) is 26.8 Å². The maximum absolute atomic E-state index is 12.2. The number of nitrogens with one attached hydrogen (secondary N) is 1. The molecule has 22 heavy (non-hydrogen) atoms. The lowest BCUT2D eigenvalue weighted by Crippen LogP contribution is -2.49. The van der Waals surface area contributed by atoms with Crippen LogP contribution in [0.4, 0.5) is 0 Å². The van der Waals surface area contributed by atoms with Crippen molar-refractivity contribution in [1.82, 2.24) is 10.3 Å². The number of aliphatic carboxylic acids is 1. The fourth-order valence-electron chi connectivity index (χ4n) is 1.95. The monoisotopic (exact) mass is 302 g/mol. The van der Waals surface area contributed by atoms with Gasteiger partial charge >= 0.3 is 5.97 Å². The van der Waals surface area contributed by atoms with Crippen molar-refractivity contribution in [3.8, 4) is 11.5 Å². The summed E-state index contributed by atoms with van der Waals surface area (Å²) >= 11 is 0. The first kappa shape index (κ1) is 15.8. The van der Waals surface area contributed by atoms with Crippen molar-refractivity contribution in [2.75, 3.05) is 0 Å². The first-order valence-corrected chi connectivity index (χ1v) is 6.83. The molecule has 1 atom stereocenters. The largest absolute Gasteiger partial charge is 0.480 e. The number of hydrogen-bond donors (Lipinski definition) is 2. The molecule has 1 aromatic carbocycles. The van der Waals surface area contributed by atoms with E-state index in [0.29, 0.717) is 5.89 Å². The van der Waals surface area contributed by atoms with E-state index < -0.39 is 23.3 Å². The maximum Gasteiger partial charge on any atom is 0.326 e. The first-order chi connectivity index (χ1) is 10.3. The van der Waals surface area contributed by atoms with Gasteiger partial charge in [-0.3, -0.25) is 4.79 Å². The molecule has 0 saturated heterocycles. The molecule has 1 amide bonds. The number of carboxylic acid groups (broad SMARTS) is 1. The molecule has 1 heterocycles. The highest BCUT2D eigenvalue weighted by Crippen LogP contribution is 2.21. The van der Waals surface area contributed by atoms with Gasteiger partial charge in [-0.2, -0.15) is 0 Å². The zero-order valence-corrected chi connectivity index (χ0v) is 12.7. The lowest BCUT2D eigenvalue weighted by molar-refractivity contribution is -0.142. The minimum absolute atomic E-state index is 0.0503. The number of oxazole rings is 1. The first-order valence-electron chi connectivity index (χ1n) is 6.83. The topological polar surface area (TPSA) is 92.4 Å². The van der Waals surface area contributed by atoms with Crippen LogP contribution in [0.15, 0.2) is 41.0 Å². The highest BCUT2D eigenvalue weighted by Gasteiger charge is 2.33. The number of amides is 1. The third-order valence-electron chi connectivity index (χ3n) is 3.15. The van der Waals surface area contributed by atoms with Crippen molar-refractivity contribution in [2.24, 2.45) is 5.41 Å². The Balaban J connectivity index is 2.17. The molecule has 0 spiro atoms. The van der Waals surface area contributed by atoms with Gasteiger partial charge in [0.05, 0.1) is 0 Å². The molecule has 6 heteroatoms. The lowest BCUT2D eigenvalue weighted by Gasteiger charge is -2.27. The number of carbonyl (C=O) groups excluding carboxylic acids is 1. The van der Waals surface area contributed by atoms with E-state index in [1.165, 1.54) is 6.26 Å². The molecule has 0 aliphatic carbocycles. The third kappa shape index (κ3) is 3.52. The molecule has 2 aromatic rings. The van der Waals surface area contributed by atoms with Crippen LogP contribution in [-0.2, 0) is 4.79 Å². The zero-order chi connectivity index (χ0) is 16.3. The van der Waals surface area contributed by atoms with E-state index in [1.807, 2.05) is 30.3 Å². The highest BCUT2D eigenvalue weighted by molar-refractivity contribution is 5.95. The van der Waals surface area contributed by atoms with E-state index in [9.17, 15) is 14.7 Å². The normalized spacial score (nSPS) is 12.7. The van der Waals surface area contributed by atoms with Gasteiger partial charge in [0.1, 0.15) is 12.3 Å². The molecular weight excluding hydrogens is 284 g/mol. The Bertz CT molecular complexity index is 671. The molecule has 0 bridgehead atoms. The molecule has 1 unspecified atom stereocenters. The quantitative estimate of drug-likeness (QED) is 0.905. The van der Waals surface area contributed by atoms with Crippen LogP contribution in [0.3, 0.4) is 0 Å². The molecule has 0 aliphatic heterocycles. The van der Waals surface area contributed by atoms with Crippen molar-refractivity contribution >= 4 is 11.9 Å². The van der Waals surface area contributed by atoms with E-state index in [-0.39, 0.29) is 5.69 Å². The average molecular weight is 302 g/mol. The summed E-state index contributed by atoms with van der Waals surface area (Å²) in [6.45, 7) is 5.22. The molecule has 0 saturated carbocycles. The van der Waals surface area contributed by atoms with Gasteiger partial charge in [0.15, 0.2) is 5.69 Å². The maximum atomic E-state index is 12.2. The predicted octanol–water partition coefficient (Wildman–Crippen LogP) is 2.57. The molecule has 116 valence electrons. The van der Waals surface area contributed by atoms with Crippen LogP contribution < -0.4 is 5.32 Å². The molecule has 0 radical (unpaired) electrons. The highest BCUT2D eigenvalue weighted by atomic mass is 16.4. The second kappa shape index (κ2) is 6.01. The Morgan fingerprint density at radius 2 is 1.86 bits per heavy atom. The minimum atomic E-state index is -1.09. The van der Waals surface area contributed by atoms with Gasteiger partial charge in [-0.25, -0.2) is 9.78 Å². The van der Waals surface area contributed by atoms with Gasteiger partial charge in [-0.15, -0.1) is 0 Å². The smallest absolute Gasteiger partial charge is 0.326 e. The zero-order valence-electron chi connectivity index (χ0n) is 12.7. The van der Waals surface area contributed by atoms with Crippen LogP contribution in [0.5, 0.6) is 0 Å². The second-order valence-electron chi connectivity index (χ2n) is 6.01. The molecule has 2 rings (SSSR count). The van der Waals surface area contributed by atoms with E-state index in [2.05, 4.69) is 10.3 Å². The van der Waals surface area contributed by atoms with Crippen molar-refractivity contribution in [3.63, 3.8) is 0 Å². The van der Waals surface area contributed by atoms with Crippen LogP contribution in [0, 0.1) is 5.41 Å². The van der Waals surface area contributed by atoms with E-state index in [0.717, 1.165) is 5.56 Å². The fourth-order valence-corrected chi connectivity index (χ4v) is 1.95. The summed E-state index contributed by atoms with van der Waals surface area (Å²) in [5, 5.41) is 11.7. The number of aromatic nitrogens is 1. The summed E-state index contributed by atoms with van der Waals surface area (Å²) < 4.78 is 5.28. The Hall–Kier alpha value is -2.63. The van der Waals surface area contributed by atoms with E-state index in [4.69, 9.17) is 4.42 Å². The summed E-state index contributed by atoms with van der Waals surface area (Å²) in [5.41, 5.74) is 0.175. The molecule has 6 nitrogen and oxygen atoms in total. The molecule has 2 N–H and O–H groups in total. The molecule has 0 fully saturated rings. The van der Waals surface area contributed by atoms with Gasteiger partial charge in [0.2, 0.25) is 5.89 Å². The Labute approximate surface area is 128 Å². The van der Waals surface area contributed by atoms with Gasteiger partial charge < -0.3 is 14.8 Å². The van der Waals surface area contributed by atoms with Gasteiger partial charge in [0.25, 0.3) is 5.91 Å². The van der Waals surface area contributed by atoms with E-state index >= 15 is 0 Å². The minimum Gasteiger partial charge on any atom is -0.480 e. The van der Waals surface area contributed by atoms with Crippen LogP contribution in [0.25, 0.3) is 11.5 Å². The summed E-state index contributed by atoms with van der Waals surface area (Å²) in [6, 6.07) is 8.13. The molecule has 1 aromatic heterocycles. The molecular formula is C16H18N2O4. The molecule has 0 aliphatic rings. The summed E-state index contributed by atoms with van der Waals surface area (Å²) in [4.78, 5) is 27.5. The summed E-state index contributed by atoms with van der Waals surface area (Å²) in [5.74, 6) is -1.35.